The lowest BCUT2D eigenvalue weighted by molar-refractivity contribution is -0.131. The minimum Gasteiger partial charge on any atom is -0.342 e. The second kappa shape index (κ2) is 7.11. The lowest BCUT2D eigenvalue weighted by Crippen LogP contribution is -2.47. The van der Waals surface area contributed by atoms with Crippen LogP contribution in [0.4, 0.5) is 0 Å². The Morgan fingerprint density at radius 1 is 1.08 bits per heavy atom. The molecule has 0 unspecified atom stereocenters. The summed E-state index contributed by atoms with van der Waals surface area (Å²) >= 11 is 0. The predicted molar refractivity (Wildman–Crippen MR) is 103 cm³/mol. The molecular weight excluding hydrogens is 308 g/mol. The minimum absolute atomic E-state index is 0.155. The molecule has 0 aromatic heterocycles. The molecule has 2 aliphatic rings. The van der Waals surface area contributed by atoms with Gasteiger partial charge in [0, 0.05) is 25.0 Å². The molecule has 1 amide bonds. The zero-order valence-electron chi connectivity index (χ0n) is 16.4. The highest BCUT2D eigenvalue weighted by atomic mass is 16.2. The maximum atomic E-state index is 12.5. The average Bonchev–Trinajstić information content (AvgIpc) is 3.00. The van der Waals surface area contributed by atoms with Crippen molar-refractivity contribution in [2.45, 2.75) is 57.9 Å². The highest BCUT2D eigenvalue weighted by Gasteiger charge is 2.48. The van der Waals surface area contributed by atoms with Gasteiger partial charge in [0.15, 0.2) is 0 Å². The molecule has 2 fully saturated rings. The molecule has 0 radical (unpaired) electrons. The van der Waals surface area contributed by atoms with Crippen molar-refractivity contribution in [2.75, 3.05) is 27.2 Å². The van der Waals surface area contributed by atoms with Crippen LogP contribution >= 0.6 is 0 Å². The van der Waals surface area contributed by atoms with Crippen molar-refractivity contribution >= 4 is 5.91 Å². The van der Waals surface area contributed by atoms with Crippen LogP contribution in [0.15, 0.2) is 30.3 Å². The van der Waals surface area contributed by atoms with E-state index in [-0.39, 0.29) is 5.54 Å². The van der Waals surface area contributed by atoms with E-state index in [1.807, 2.05) is 0 Å². The number of carbonyl (C=O) groups excluding carboxylic acids is 1. The van der Waals surface area contributed by atoms with Crippen molar-refractivity contribution in [1.29, 1.82) is 0 Å². The zero-order chi connectivity index (χ0) is 18.1. The average molecular weight is 343 g/mol. The largest absolute Gasteiger partial charge is 0.342 e. The van der Waals surface area contributed by atoms with Gasteiger partial charge in [-0.3, -0.25) is 9.69 Å². The Morgan fingerprint density at radius 3 is 2.28 bits per heavy atom. The number of carbonyl (C=O) groups is 1. The molecule has 138 valence electrons. The molecular formula is C22H34N2O. The maximum Gasteiger partial charge on any atom is 0.222 e. The van der Waals surface area contributed by atoms with Crippen LogP contribution in [0.2, 0.25) is 0 Å². The Labute approximate surface area is 153 Å². The van der Waals surface area contributed by atoms with Crippen LogP contribution in [0.1, 0.15) is 57.9 Å². The fourth-order valence-corrected chi connectivity index (χ4v) is 4.97. The van der Waals surface area contributed by atoms with Gasteiger partial charge in [0.1, 0.15) is 0 Å². The lowest BCUT2D eigenvalue weighted by Gasteiger charge is -2.49. The van der Waals surface area contributed by atoms with Crippen LogP contribution in [-0.4, -0.2) is 42.9 Å². The quantitative estimate of drug-likeness (QED) is 0.815. The van der Waals surface area contributed by atoms with Gasteiger partial charge in [0.05, 0.1) is 0 Å². The van der Waals surface area contributed by atoms with Crippen molar-refractivity contribution in [3.05, 3.63) is 35.9 Å². The van der Waals surface area contributed by atoms with Crippen LogP contribution in [-0.2, 0) is 10.3 Å². The molecule has 0 N–H and O–H groups in total. The SMILES string of the molecule is CC(C)CC(=O)N1CCC2(CCC(c3ccccc3)(N(C)C)CC2)C1. The van der Waals surface area contributed by atoms with E-state index in [0.29, 0.717) is 23.7 Å². The Bertz CT molecular complexity index is 585. The summed E-state index contributed by atoms with van der Waals surface area (Å²) in [7, 11) is 4.44. The van der Waals surface area contributed by atoms with E-state index < -0.39 is 0 Å². The summed E-state index contributed by atoms with van der Waals surface area (Å²) in [6, 6.07) is 11.0. The van der Waals surface area contributed by atoms with Gasteiger partial charge in [-0.2, -0.15) is 0 Å². The Kier molecular flexibility index (Phi) is 5.24. The number of hydrogen-bond acceptors (Lipinski definition) is 2. The van der Waals surface area contributed by atoms with Gasteiger partial charge in [-0.1, -0.05) is 44.2 Å². The molecule has 1 heterocycles. The molecule has 0 atom stereocenters. The van der Waals surface area contributed by atoms with Crippen molar-refractivity contribution < 1.29 is 4.79 Å². The van der Waals surface area contributed by atoms with Gasteiger partial charge in [-0.05, 0) is 63.1 Å². The summed E-state index contributed by atoms with van der Waals surface area (Å²) < 4.78 is 0. The van der Waals surface area contributed by atoms with Gasteiger partial charge >= 0.3 is 0 Å². The Balaban J connectivity index is 1.70. The van der Waals surface area contributed by atoms with E-state index in [2.05, 4.69) is 68.1 Å². The van der Waals surface area contributed by atoms with Crippen LogP contribution in [0.25, 0.3) is 0 Å². The van der Waals surface area contributed by atoms with E-state index in [1.165, 1.54) is 37.7 Å². The number of likely N-dealkylation sites (tertiary alicyclic amines) is 1. The minimum atomic E-state index is 0.155. The van der Waals surface area contributed by atoms with Crippen molar-refractivity contribution in [3.63, 3.8) is 0 Å². The maximum absolute atomic E-state index is 12.5. The van der Waals surface area contributed by atoms with E-state index in [0.717, 1.165) is 13.1 Å². The lowest BCUT2D eigenvalue weighted by atomic mass is 9.64. The summed E-state index contributed by atoms with van der Waals surface area (Å²) in [4.78, 5) is 17.0. The Hall–Kier alpha value is -1.35. The fraction of sp³-hybridized carbons (Fsp3) is 0.682. The molecule has 1 aromatic carbocycles. The zero-order valence-corrected chi connectivity index (χ0v) is 16.4. The molecule has 25 heavy (non-hydrogen) atoms. The molecule has 3 rings (SSSR count). The van der Waals surface area contributed by atoms with Gasteiger partial charge in [-0.15, -0.1) is 0 Å². The summed E-state index contributed by atoms with van der Waals surface area (Å²) in [5.74, 6) is 0.814. The first kappa shape index (κ1) is 18.4. The number of benzene rings is 1. The first-order valence-electron chi connectivity index (χ1n) is 9.88. The van der Waals surface area contributed by atoms with Crippen LogP contribution < -0.4 is 0 Å². The standard InChI is InChI=1S/C22H34N2O/c1-18(2)16-20(25)24-15-14-21(17-24)10-12-22(13-11-21,23(3)4)19-8-6-5-7-9-19/h5-9,18H,10-17H2,1-4H3. The van der Waals surface area contributed by atoms with Crippen molar-refractivity contribution in [1.82, 2.24) is 9.80 Å². The normalized spacial score (nSPS) is 29.8. The van der Waals surface area contributed by atoms with Gasteiger partial charge < -0.3 is 4.90 Å². The predicted octanol–water partition coefficient (Wildman–Crippen LogP) is 4.28. The third-order valence-corrected chi connectivity index (χ3v) is 6.68. The molecule has 1 aliphatic carbocycles. The third kappa shape index (κ3) is 3.62. The van der Waals surface area contributed by atoms with Gasteiger partial charge in [0.25, 0.3) is 0 Å². The number of nitrogens with zero attached hydrogens (tertiary/aromatic N) is 2. The molecule has 0 bridgehead atoms. The molecule has 3 nitrogen and oxygen atoms in total. The van der Waals surface area contributed by atoms with E-state index >= 15 is 0 Å². The topological polar surface area (TPSA) is 23.6 Å². The summed E-state index contributed by atoms with van der Waals surface area (Å²) in [6.07, 6.45) is 6.72. The fourth-order valence-electron chi connectivity index (χ4n) is 4.97. The summed E-state index contributed by atoms with van der Waals surface area (Å²) in [6.45, 7) is 6.22. The van der Waals surface area contributed by atoms with E-state index in [9.17, 15) is 4.79 Å². The van der Waals surface area contributed by atoms with Crippen molar-refractivity contribution in [3.8, 4) is 0 Å². The molecule has 1 saturated carbocycles. The van der Waals surface area contributed by atoms with Crippen LogP contribution in [0.3, 0.4) is 0 Å². The van der Waals surface area contributed by atoms with Crippen LogP contribution in [0.5, 0.6) is 0 Å². The smallest absolute Gasteiger partial charge is 0.222 e. The summed E-state index contributed by atoms with van der Waals surface area (Å²) in [5, 5.41) is 0. The second-order valence-corrected chi connectivity index (χ2v) is 8.96. The Morgan fingerprint density at radius 2 is 1.72 bits per heavy atom. The molecule has 1 saturated heterocycles. The van der Waals surface area contributed by atoms with Gasteiger partial charge in [0.2, 0.25) is 5.91 Å². The highest BCUT2D eigenvalue weighted by molar-refractivity contribution is 5.76. The first-order valence-corrected chi connectivity index (χ1v) is 9.88. The first-order chi connectivity index (χ1) is 11.9. The molecule has 1 spiro atoms. The second-order valence-electron chi connectivity index (χ2n) is 8.96. The van der Waals surface area contributed by atoms with Crippen LogP contribution in [0, 0.1) is 11.3 Å². The van der Waals surface area contributed by atoms with E-state index in [4.69, 9.17) is 0 Å². The van der Waals surface area contributed by atoms with Gasteiger partial charge in [-0.25, -0.2) is 0 Å². The number of hydrogen-bond donors (Lipinski definition) is 0. The summed E-state index contributed by atoms with van der Waals surface area (Å²) in [5.41, 5.74) is 1.96. The van der Waals surface area contributed by atoms with E-state index in [1.54, 1.807) is 0 Å². The number of rotatable bonds is 4. The van der Waals surface area contributed by atoms with Crippen molar-refractivity contribution in [2.24, 2.45) is 11.3 Å². The highest BCUT2D eigenvalue weighted by Crippen LogP contribution is 2.51. The number of amides is 1. The monoisotopic (exact) mass is 342 g/mol. The molecule has 1 aliphatic heterocycles. The molecule has 3 heteroatoms. The third-order valence-electron chi connectivity index (χ3n) is 6.68. The molecule has 1 aromatic rings.